The topological polar surface area (TPSA) is 122 Å². The third-order valence-corrected chi connectivity index (χ3v) is 10.8. The number of hydrogen-bond acceptors (Lipinski definition) is 7. The van der Waals surface area contributed by atoms with E-state index in [0.717, 1.165) is 6.07 Å². The average Bonchev–Trinajstić information content (AvgIpc) is 3.36. The fraction of sp³-hybridized carbons (Fsp3) is 0.0500. The number of aromatic amines is 1. The van der Waals surface area contributed by atoms with Crippen molar-refractivity contribution in [3.8, 4) is 5.75 Å². The quantitative estimate of drug-likeness (QED) is 0.281. The number of ether oxygens (including phenoxy) is 1. The van der Waals surface area contributed by atoms with Gasteiger partial charge >= 0.3 is 0 Å². The predicted octanol–water partition coefficient (Wildman–Crippen LogP) is 5.56. The molecule has 184 valence electrons. The van der Waals surface area contributed by atoms with Crippen molar-refractivity contribution < 1.29 is 26.4 Å². The predicted molar refractivity (Wildman–Crippen MR) is 135 cm³/mol. The Morgan fingerprint density at radius 2 is 1.71 bits per heavy atom. The second-order valence-corrected chi connectivity index (χ2v) is 13.6. The number of hydrogen-bond donors (Lipinski definition) is 2. The highest BCUT2D eigenvalue weighted by molar-refractivity contribution is 7.92. The number of thiophene rings is 1. The van der Waals surface area contributed by atoms with Crippen molar-refractivity contribution in [2.24, 2.45) is 0 Å². The van der Waals surface area contributed by atoms with Crippen LogP contribution in [0.2, 0.25) is 19.4 Å². The summed E-state index contributed by atoms with van der Waals surface area (Å²) in [6.07, 6.45) is 1.27. The number of halogens is 4. The van der Waals surface area contributed by atoms with Gasteiger partial charge in [0.1, 0.15) is 19.2 Å². The molecule has 0 unspecified atom stereocenters. The molecule has 8 nitrogen and oxygen atoms in total. The first-order valence-corrected chi connectivity index (χ1v) is 14.6. The number of benzene rings is 2. The number of nitrogens with one attached hydrogen (secondary N) is 2. The molecule has 15 heteroatoms. The summed E-state index contributed by atoms with van der Waals surface area (Å²) < 4.78 is 58.6. The molecule has 2 aromatic heterocycles. The normalized spacial score (nSPS) is 12.1. The highest BCUT2D eigenvalue weighted by Gasteiger charge is 2.27. The van der Waals surface area contributed by atoms with Crippen molar-refractivity contribution in [2.45, 2.75) is 14.0 Å². The molecule has 0 spiro atoms. The molecule has 4 aromatic rings. The highest BCUT2D eigenvalue weighted by atomic mass is 35.5. The van der Waals surface area contributed by atoms with Crippen LogP contribution in [-0.4, -0.2) is 34.3 Å². The Kier molecular flexibility index (Phi) is 7.31. The molecule has 0 bridgehead atoms. The zero-order valence-electron chi connectivity index (χ0n) is 17.0. The van der Waals surface area contributed by atoms with E-state index in [-0.39, 0.29) is 44.5 Å². The van der Waals surface area contributed by atoms with E-state index in [1.807, 2.05) is 4.72 Å². The minimum Gasteiger partial charge on any atom is -0.483 e. The largest absolute Gasteiger partial charge is 0.483 e. The fourth-order valence-electron chi connectivity index (χ4n) is 3.10. The van der Waals surface area contributed by atoms with Crippen LogP contribution in [0.25, 0.3) is 10.9 Å². The summed E-state index contributed by atoms with van der Waals surface area (Å²) in [5.41, 5.74) is 0.405. The van der Waals surface area contributed by atoms with Gasteiger partial charge in [-0.05, 0) is 36.4 Å². The van der Waals surface area contributed by atoms with E-state index in [2.05, 4.69) is 4.98 Å². The van der Waals surface area contributed by atoms with Crippen LogP contribution in [-0.2, 0) is 24.7 Å². The lowest BCUT2D eigenvalue weighted by Gasteiger charge is -2.11. The molecule has 4 rings (SSSR count). The Hall–Kier alpha value is -1.99. The molecule has 0 atom stereocenters. The summed E-state index contributed by atoms with van der Waals surface area (Å²) in [5.74, 6) is -0.967. The highest BCUT2D eigenvalue weighted by Crippen LogP contribution is 2.37. The van der Waals surface area contributed by atoms with Crippen LogP contribution in [0.5, 0.6) is 5.75 Å². The summed E-state index contributed by atoms with van der Waals surface area (Å²) in [5, 5.41) is 0.397. The van der Waals surface area contributed by atoms with E-state index in [1.54, 1.807) is 12.1 Å². The second-order valence-electron chi connectivity index (χ2n) is 6.91. The average molecular weight is 614 g/mol. The van der Waals surface area contributed by atoms with E-state index >= 15 is 0 Å². The van der Waals surface area contributed by atoms with Gasteiger partial charge in [-0.3, -0.25) is 4.79 Å². The zero-order valence-corrected chi connectivity index (χ0v) is 22.5. The molecular weight excluding hydrogens is 602 g/mol. The van der Waals surface area contributed by atoms with E-state index in [0.29, 0.717) is 16.9 Å². The number of rotatable bonds is 7. The van der Waals surface area contributed by atoms with Crippen molar-refractivity contribution >= 4 is 94.4 Å². The van der Waals surface area contributed by atoms with Crippen LogP contribution in [0.15, 0.2) is 62.7 Å². The second kappa shape index (κ2) is 9.81. The smallest absolute Gasteiger partial charge is 0.273 e. The molecule has 2 heterocycles. The minimum absolute atomic E-state index is 0.0298. The van der Waals surface area contributed by atoms with Crippen LogP contribution < -0.4 is 9.46 Å². The molecule has 0 aliphatic carbocycles. The van der Waals surface area contributed by atoms with Gasteiger partial charge in [-0.2, -0.15) is 0 Å². The number of aromatic nitrogens is 1. The lowest BCUT2D eigenvalue weighted by molar-refractivity contribution is -0.121. The molecule has 1 amide bonds. The van der Waals surface area contributed by atoms with Crippen molar-refractivity contribution in [1.82, 2.24) is 9.71 Å². The van der Waals surface area contributed by atoms with Gasteiger partial charge in [-0.25, -0.2) is 21.6 Å². The lowest BCUT2D eigenvalue weighted by atomic mass is 10.2. The molecule has 0 aliphatic heterocycles. The monoisotopic (exact) mass is 612 g/mol. The maximum atomic E-state index is 13.3. The Morgan fingerprint density at radius 1 is 0.971 bits per heavy atom. The number of H-pyrrole nitrogens is 1. The fourth-order valence-corrected chi connectivity index (χ4v) is 8.15. The number of sulfonamides is 1. The van der Waals surface area contributed by atoms with Gasteiger partial charge < -0.3 is 9.72 Å². The standard InChI is InChI=1S/C20H12Cl4N2O6S3/c21-10-4-5-15(11(22)6-10)34(28,29)16-8-25-13-2-1-3-14(19(13)16)32-9-17(27)26-35(30,31)18-7-12(23)20(24)33-18/h1-8,25H,9H2,(H,26,27). The van der Waals surface area contributed by atoms with Crippen LogP contribution in [0.3, 0.4) is 0 Å². The van der Waals surface area contributed by atoms with Gasteiger partial charge in [0.15, 0.2) is 6.61 Å². The third kappa shape index (κ3) is 5.26. The van der Waals surface area contributed by atoms with Crippen LogP contribution in [0.1, 0.15) is 0 Å². The van der Waals surface area contributed by atoms with Crippen LogP contribution in [0, 0.1) is 0 Å². The first-order valence-electron chi connectivity index (χ1n) is 9.33. The maximum absolute atomic E-state index is 13.3. The zero-order chi connectivity index (χ0) is 25.5. The summed E-state index contributed by atoms with van der Waals surface area (Å²) in [4.78, 5) is 14.8. The molecule has 0 saturated carbocycles. The number of carbonyl (C=O) groups is 1. The van der Waals surface area contributed by atoms with Crippen LogP contribution >= 0.6 is 57.7 Å². The molecule has 0 saturated heterocycles. The number of fused-ring (bicyclic) bond motifs is 1. The summed E-state index contributed by atoms with van der Waals surface area (Å²) in [7, 11) is -8.35. The number of amides is 1. The summed E-state index contributed by atoms with van der Waals surface area (Å²) in [6, 6.07) is 9.73. The first kappa shape index (κ1) is 26.1. The Labute approximate surface area is 223 Å². The molecule has 0 aliphatic rings. The first-order chi connectivity index (χ1) is 16.4. The summed E-state index contributed by atoms with van der Waals surface area (Å²) >= 11 is 24.3. The summed E-state index contributed by atoms with van der Waals surface area (Å²) in [6.45, 7) is -0.725. The molecule has 0 radical (unpaired) electrons. The minimum atomic E-state index is -4.23. The van der Waals surface area contributed by atoms with E-state index in [4.69, 9.17) is 51.1 Å². The number of carbonyl (C=O) groups excluding carboxylic acids is 1. The SMILES string of the molecule is O=C(COc1cccc2[nH]cc(S(=O)(=O)c3ccc(Cl)cc3Cl)c12)NS(=O)(=O)c1cc(Cl)c(Cl)s1. The van der Waals surface area contributed by atoms with Gasteiger partial charge in [0.05, 0.1) is 25.8 Å². The Morgan fingerprint density at radius 3 is 2.37 bits per heavy atom. The van der Waals surface area contributed by atoms with Gasteiger partial charge in [0, 0.05) is 11.2 Å². The van der Waals surface area contributed by atoms with Gasteiger partial charge in [-0.15, -0.1) is 11.3 Å². The van der Waals surface area contributed by atoms with Gasteiger partial charge in [0.25, 0.3) is 15.9 Å². The van der Waals surface area contributed by atoms with Crippen LogP contribution in [0.4, 0.5) is 0 Å². The molecular formula is C20H12Cl4N2O6S3. The molecule has 35 heavy (non-hydrogen) atoms. The molecule has 0 fully saturated rings. The van der Waals surface area contributed by atoms with Gasteiger partial charge in [0.2, 0.25) is 9.84 Å². The Bertz CT molecular complexity index is 1660. The van der Waals surface area contributed by atoms with E-state index in [9.17, 15) is 21.6 Å². The number of sulfone groups is 1. The molecule has 2 aromatic carbocycles. The lowest BCUT2D eigenvalue weighted by Crippen LogP contribution is -2.34. The molecule has 2 N–H and O–H groups in total. The van der Waals surface area contributed by atoms with Crippen molar-refractivity contribution in [3.63, 3.8) is 0 Å². The van der Waals surface area contributed by atoms with Crippen molar-refractivity contribution in [3.05, 3.63) is 68.1 Å². The van der Waals surface area contributed by atoms with E-state index in [1.165, 1.54) is 30.5 Å². The van der Waals surface area contributed by atoms with Gasteiger partial charge in [-0.1, -0.05) is 52.5 Å². The van der Waals surface area contributed by atoms with E-state index < -0.39 is 32.4 Å². The van der Waals surface area contributed by atoms with Crippen molar-refractivity contribution in [2.75, 3.05) is 6.61 Å². The Balaban J connectivity index is 1.61. The maximum Gasteiger partial charge on any atom is 0.273 e. The van der Waals surface area contributed by atoms with Crippen molar-refractivity contribution in [1.29, 1.82) is 0 Å². The third-order valence-electron chi connectivity index (χ3n) is 4.60.